The molecule has 1 aromatic carbocycles. The number of halogens is 1. The number of rotatable bonds is 6. The van der Waals surface area contributed by atoms with Crippen molar-refractivity contribution in [1.82, 2.24) is 10.2 Å². The number of piperidine rings is 1. The fourth-order valence-electron chi connectivity index (χ4n) is 4.10. The van der Waals surface area contributed by atoms with E-state index in [1.807, 2.05) is 18.2 Å². The number of esters is 1. The molecule has 3 rings (SSSR count). The summed E-state index contributed by atoms with van der Waals surface area (Å²) in [6.45, 7) is 2.19. The Morgan fingerprint density at radius 1 is 1.17 bits per heavy atom. The van der Waals surface area contributed by atoms with Crippen molar-refractivity contribution in [2.75, 3.05) is 34.4 Å². The van der Waals surface area contributed by atoms with Crippen LogP contribution in [0.4, 0.5) is 0 Å². The van der Waals surface area contributed by atoms with Gasteiger partial charge in [-0.3, -0.25) is 9.79 Å². The lowest BCUT2D eigenvalue weighted by Crippen LogP contribution is -2.46. The van der Waals surface area contributed by atoms with E-state index in [0.717, 1.165) is 61.8 Å². The number of ether oxygens (including phenoxy) is 3. The van der Waals surface area contributed by atoms with E-state index < -0.39 is 0 Å². The lowest BCUT2D eigenvalue weighted by atomic mass is 9.97. The minimum atomic E-state index is -0.112. The molecular weight excluding hydrogens is 497 g/mol. The standard InChI is InChI=1S/C22H33N3O4.HI/c1-23-22(25-12-10-16(11-13-25)21(26)28-3)24-15-17-8-9-19(27-2)14-20(17)29-18-6-4-5-7-18;/h8-9,14,16,18H,4-7,10-13,15H2,1-3H3,(H,23,24);1H. The van der Waals surface area contributed by atoms with Crippen LogP contribution in [0.3, 0.4) is 0 Å². The van der Waals surface area contributed by atoms with Crippen molar-refractivity contribution in [3.8, 4) is 11.5 Å². The second kappa shape index (κ2) is 12.2. The van der Waals surface area contributed by atoms with Gasteiger partial charge < -0.3 is 24.4 Å². The van der Waals surface area contributed by atoms with Crippen molar-refractivity contribution in [3.05, 3.63) is 23.8 Å². The molecule has 0 atom stereocenters. The lowest BCUT2D eigenvalue weighted by molar-refractivity contribution is -0.146. The van der Waals surface area contributed by atoms with Crippen molar-refractivity contribution >= 4 is 35.9 Å². The van der Waals surface area contributed by atoms with Gasteiger partial charge in [-0.2, -0.15) is 0 Å². The zero-order valence-corrected chi connectivity index (χ0v) is 20.5. The first-order chi connectivity index (χ1) is 14.1. The molecule has 0 aromatic heterocycles. The molecule has 7 nitrogen and oxygen atoms in total. The van der Waals surface area contributed by atoms with Crippen molar-refractivity contribution in [2.45, 2.75) is 51.2 Å². The van der Waals surface area contributed by atoms with Crippen LogP contribution in [0.25, 0.3) is 0 Å². The molecule has 0 radical (unpaired) electrons. The molecule has 8 heteroatoms. The Kier molecular flexibility index (Phi) is 10.0. The fourth-order valence-corrected chi connectivity index (χ4v) is 4.10. The van der Waals surface area contributed by atoms with Crippen molar-refractivity contribution in [1.29, 1.82) is 0 Å². The number of guanidine groups is 1. The number of methoxy groups -OCH3 is 2. The van der Waals surface area contributed by atoms with Crippen molar-refractivity contribution in [2.24, 2.45) is 10.9 Å². The number of likely N-dealkylation sites (tertiary alicyclic amines) is 1. The number of carbonyl (C=O) groups is 1. The maximum atomic E-state index is 11.7. The molecule has 0 amide bonds. The molecule has 1 aliphatic carbocycles. The van der Waals surface area contributed by atoms with E-state index in [-0.39, 0.29) is 42.0 Å². The van der Waals surface area contributed by atoms with E-state index in [9.17, 15) is 4.79 Å². The maximum Gasteiger partial charge on any atom is 0.308 e. The molecule has 1 aromatic rings. The molecule has 1 aliphatic heterocycles. The second-order valence-electron chi connectivity index (χ2n) is 7.68. The summed E-state index contributed by atoms with van der Waals surface area (Å²) in [5.74, 6) is 2.40. The van der Waals surface area contributed by atoms with Gasteiger partial charge in [-0.15, -0.1) is 24.0 Å². The zero-order valence-electron chi connectivity index (χ0n) is 18.2. The van der Waals surface area contributed by atoms with E-state index in [1.54, 1.807) is 14.2 Å². The Bertz CT molecular complexity index is 714. The SMILES string of the molecule is CN=C(NCc1ccc(OC)cc1OC1CCCC1)N1CCC(C(=O)OC)CC1.I. The van der Waals surface area contributed by atoms with Crippen LogP contribution in [0.2, 0.25) is 0 Å². The zero-order chi connectivity index (χ0) is 20.6. The summed E-state index contributed by atoms with van der Waals surface area (Å²) in [4.78, 5) is 18.4. The minimum Gasteiger partial charge on any atom is -0.497 e. The first-order valence-electron chi connectivity index (χ1n) is 10.5. The van der Waals surface area contributed by atoms with Crippen LogP contribution in [0.5, 0.6) is 11.5 Å². The second-order valence-corrected chi connectivity index (χ2v) is 7.68. The highest BCUT2D eigenvalue weighted by Crippen LogP contribution is 2.30. The summed E-state index contributed by atoms with van der Waals surface area (Å²) in [6, 6.07) is 5.98. The Morgan fingerprint density at radius 3 is 2.47 bits per heavy atom. The molecular formula is C22H34IN3O4. The highest BCUT2D eigenvalue weighted by atomic mass is 127. The molecule has 0 spiro atoms. The third-order valence-corrected chi connectivity index (χ3v) is 5.85. The van der Waals surface area contributed by atoms with Gasteiger partial charge in [0.05, 0.1) is 26.2 Å². The van der Waals surface area contributed by atoms with Gasteiger partial charge in [0.1, 0.15) is 11.5 Å². The molecule has 2 fully saturated rings. The Labute approximate surface area is 196 Å². The summed E-state index contributed by atoms with van der Waals surface area (Å²) < 4.78 is 16.5. The molecule has 1 saturated carbocycles. The molecule has 2 aliphatic rings. The maximum absolute atomic E-state index is 11.7. The third-order valence-electron chi connectivity index (χ3n) is 5.85. The lowest BCUT2D eigenvalue weighted by Gasteiger charge is -2.33. The van der Waals surface area contributed by atoms with Gasteiger partial charge in [0, 0.05) is 38.3 Å². The van der Waals surface area contributed by atoms with Crippen LogP contribution in [-0.2, 0) is 16.1 Å². The summed E-state index contributed by atoms with van der Waals surface area (Å²) in [7, 11) is 4.92. The van der Waals surface area contributed by atoms with Gasteiger partial charge in [-0.1, -0.05) is 0 Å². The van der Waals surface area contributed by atoms with Gasteiger partial charge in [0.2, 0.25) is 0 Å². The van der Waals surface area contributed by atoms with Crippen LogP contribution in [0.15, 0.2) is 23.2 Å². The van der Waals surface area contributed by atoms with E-state index >= 15 is 0 Å². The number of nitrogens with one attached hydrogen (secondary N) is 1. The first kappa shape index (κ1) is 24.6. The Balaban J connectivity index is 0.00000320. The average molecular weight is 531 g/mol. The number of carbonyl (C=O) groups excluding carboxylic acids is 1. The summed E-state index contributed by atoms with van der Waals surface area (Å²) in [5.41, 5.74) is 1.09. The summed E-state index contributed by atoms with van der Waals surface area (Å²) in [5, 5.41) is 3.46. The van der Waals surface area contributed by atoms with E-state index in [2.05, 4.69) is 15.2 Å². The van der Waals surface area contributed by atoms with Gasteiger partial charge in [0.15, 0.2) is 5.96 Å². The van der Waals surface area contributed by atoms with Crippen LogP contribution in [-0.4, -0.2) is 57.3 Å². The highest BCUT2D eigenvalue weighted by molar-refractivity contribution is 14.0. The molecule has 1 N–H and O–H groups in total. The average Bonchev–Trinajstić information content (AvgIpc) is 3.28. The number of benzene rings is 1. The van der Waals surface area contributed by atoms with Crippen molar-refractivity contribution in [3.63, 3.8) is 0 Å². The van der Waals surface area contributed by atoms with Crippen LogP contribution < -0.4 is 14.8 Å². The topological polar surface area (TPSA) is 72.4 Å². The van der Waals surface area contributed by atoms with Gasteiger partial charge >= 0.3 is 5.97 Å². The quantitative estimate of drug-likeness (QED) is 0.262. The number of hydrogen-bond acceptors (Lipinski definition) is 5. The van der Waals surface area contributed by atoms with Gasteiger partial charge in [0.25, 0.3) is 0 Å². The Morgan fingerprint density at radius 2 is 1.87 bits per heavy atom. The van der Waals surface area contributed by atoms with E-state index in [1.165, 1.54) is 20.0 Å². The molecule has 0 unspecified atom stereocenters. The fraction of sp³-hybridized carbons (Fsp3) is 0.636. The molecule has 30 heavy (non-hydrogen) atoms. The first-order valence-corrected chi connectivity index (χ1v) is 10.5. The van der Waals surface area contributed by atoms with Crippen LogP contribution in [0, 0.1) is 5.92 Å². The molecule has 1 saturated heterocycles. The predicted molar refractivity (Wildman–Crippen MR) is 128 cm³/mol. The minimum absolute atomic E-state index is 0. The molecule has 1 heterocycles. The van der Waals surface area contributed by atoms with Gasteiger partial charge in [-0.25, -0.2) is 0 Å². The van der Waals surface area contributed by atoms with E-state index in [0.29, 0.717) is 6.54 Å². The monoisotopic (exact) mass is 531 g/mol. The smallest absolute Gasteiger partial charge is 0.308 e. The van der Waals surface area contributed by atoms with E-state index in [4.69, 9.17) is 14.2 Å². The highest BCUT2D eigenvalue weighted by Gasteiger charge is 2.27. The molecule has 0 bridgehead atoms. The van der Waals surface area contributed by atoms with Crippen LogP contribution >= 0.6 is 24.0 Å². The van der Waals surface area contributed by atoms with Gasteiger partial charge in [-0.05, 0) is 50.7 Å². The third kappa shape index (κ3) is 6.39. The number of nitrogens with zero attached hydrogens (tertiary/aromatic N) is 2. The predicted octanol–water partition coefficient (Wildman–Crippen LogP) is 3.60. The largest absolute Gasteiger partial charge is 0.497 e. The normalized spacial score (nSPS) is 18.0. The summed E-state index contributed by atoms with van der Waals surface area (Å²) in [6.07, 6.45) is 6.55. The number of aliphatic imine (C=N–C) groups is 1. The Hall–Kier alpha value is -1.71. The summed E-state index contributed by atoms with van der Waals surface area (Å²) >= 11 is 0. The molecule has 168 valence electrons. The number of hydrogen-bond donors (Lipinski definition) is 1. The van der Waals surface area contributed by atoms with Crippen LogP contribution in [0.1, 0.15) is 44.1 Å². The van der Waals surface area contributed by atoms with Crippen molar-refractivity contribution < 1.29 is 19.0 Å².